The second kappa shape index (κ2) is 7.02. The second-order valence-electron chi connectivity index (χ2n) is 5.32. The van der Waals surface area contributed by atoms with Crippen molar-refractivity contribution in [3.05, 3.63) is 40.7 Å². The van der Waals surface area contributed by atoms with Crippen LogP contribution in [0.2, 0.25) is 0 Å². The topological polar surface area (TPSA) is 74.1 Å². The predicted molar refractivity (Wildman–Crippen MR) is 95.1 cm³/mol. The monoisotopic (exact) mass is 361 g/mol. The normalized spacial score (nSPS) is 10.7. The van der Waals surface area contributed by atoms with E-state index in [0.717, 1.165) is 10.5 Å². The highest BCUT2D eigenvalue weighted by Crippen LogP contribution is 2.38. The van der Waals surface area contributed by atoms with Gasteiger partial charge in [-0.2, -0.15) is 0 Å². The number of aryl methyl sites for hydroxylation is 1. The lowest BCUT2D eigenvalue weighted by Crippen LogP contribution is -2.24. The van der Waals surface area contributed by atoms with Gasteiger partial charge >= 0.3 is 0 Å². The molecule has 1 N–H and O–H groups in total. The molecule has 0 saturated carbocycles. The van der Waals surface area contributed by atoms with Crippen molar-refractivity contribution in [2.75, 3.05) is 21.3 Å². The Hall–Kier alpha value is -2.74. The van der Waals surface area contributed by atoms with Gasteiger partial charge in [0.25, 0.3) is 5.91 Å². The first-order chi connectivity index (χ1) is 12.1. The van der Waals surface area contributed by atoms with Crippen LogP contribution >= 0.6 is 11.3 Å². The third kappa shape index (κ3) is 3.12. The summed E-state index contributed by atoms with van der Waals surface area (Å²) in [5, 5.41) is 4.82. The Morgan fingerprint density at radius 2 is 1.88 bits per heavy atom. The van der Waals surface area contributed by atoms with Crippen molar-refractivity contribution < 1.29 is 19.0 Å². The van der Waals surface area contributed by atoms with E-state index in [2.05, 4.69) is 10.3 Å². The average molecular weight is 361 g/mol. The minimum absolute atomic E-state index is 0.183. The molecule has 0 unspecified atom stereocenters. The van der Waals surface area contributed by atoms with Crippen molar-refractivity contribution in [3.8, 4) is 17.2 Å². The van der Waals surface area contributed by atoms with Gasteiger partial charge in [-0.05, 0) is 24.6 Å². The molecule has 1 amide bonds. The molecular weight excluding hydrogens is 342 g/mol. The number of thiazole rings is 1. The van der Waals surface area contributed by atoms with Gasteiger partial charge in [0.05, 0.1) is 27.0 Å². The molecule has 8 heteroatoms. The molecule has 2 aromatic heterocycles. The molecule has 0 atom stereocenters. The molecule has 0 aliphatic carbocycles. The molecule has 0 radical (unpaired) electrons. The van der Waals surface area contributed by atoms with Crippen LogP contribution in [0.3, 0.4) is 0 Å². The third-order valence-corrected chi connectivity index (χ3v) is 4.59. The summed E-state index contributed by atoms with van der Waals surface area (Å²) in [5.74, 6) is 1.43. The molecule has 7 nitrogen and oxygen atoms in total. The van der Waals surface area contributed by atoms with E-state index < -0.39 is 0 Å². The van der Waals surface area contributed by atoms with Crippen LogP contribution in [-0.4, -0.2) is 36.6 Å². The highest BCUT2D eigenvalue weighted by molar-refractivity contribution is 7.15. The van der Waals surface area contributed by atoms with E-state index in [9.17, 15) is 4.79 Å². The number of imidazole rings is 1. The van der Waals surface area contributed by atoms with Crippen LogP contribution in [0.4, 0.5) is 0 Å². The highest BCUT2D eigenvalue weighted by Gasteiger charge is 2.18. The highest BCUT2D eigenvalue weighted by atomic mass is 32.1. The zero-order valence-corrected chi connectivity index (χ0v) is 15.3. The number of nitrogens with one attached hydrogen (secondary N) is 1. The number of rotatable bonds is 6. The molecule has 0 spiro atoms. The Bertz CT molecular complexity index is 891. The summed E-state index contributed by atoms with van der Waals surface area (Å²) in [7, 11) is 4.67. The summed E-state index contributed by atoms with van der Waals surface area (Å²) in [5.41, 5.74) is 2.09. The lowest BCUT2D eigenvalue weighted by molar-refractivity contribution is 0.0944. The van der Waals surface area contributed by atoms with E-state index in [1.54, 1.807) is 25.7 Å². The third-order valence-electron chi connectivity index (χ3n) is 3.83. The van der Waals surface area contributed by atoms with Crippen LogP contribution in [0.15, 0.2) is 23.7 Å². The van der Waals surface area contributed by atoms with Crippen LogP contribution in [0, 0.1) is 6.92 Å². The van der Waals surface area contributed by atoms with Gasteiger partial charge in [0, 0.05) is 18.1 Å². The molecule has 132 valence electrons. The smallest absolute Gasteiger partial charge is 0.270 e. The van der Waals surface area contributed by atoms with Crippen LogP contribution in [-0.2, 0) is 6.54 Å². The van der Waals surface area contributed by atoms with Gasteiger partial charge in [-0.3, -0.25) is 9.20 Å². The number of benzene rings is 1. The van der Waals surface area contributed by atoms with E-state index in [1.165, 1.54) is 11.3 Å². The first-order valence-corrected chi connectivity index (χ1v) is 8.46. The summed E-state index contributed by atoms with van der Waals surface area (Å²) in [6.07, 6.45) is 1.84. The Kier molecular flexibility index (Phi) is 4.80. The molecule has 0 fully saturated rings. The van der Waals surface area contributed by atoms with Crippen molar-refractivity contribution in [2.24, 2.45) is 0 Å². The van der Waals surface area contributed by atoms with Gasteiger partial charge in [-0.15, -0.1) is 11.3 Å². The molecule has 0 aliphatic heterocycles. The largest absolute Gasteiger partial charge is 0.493 e. The molecular formula is C17H19N3O4S. The lowest BCUT2D eigenvalue weighted by Gasteiger charge is -2.14. The molecule has 25 heavy (non-hydrogen) atoms. The van der Waals surface area contributed by atoms with E-state index in [-0.39, 0.29) is 5.91 Å². The maximum absolute atomic E-state index is 12.6. The fourth-order valence-electron chi connectivity index (χ4n) is 2.67. The Morgan fingerprint density at radius 3 is 2.48 bits per heavy atom. The van der Waals surface area contributed by atoms with Crippen molar-refractivity contribution in [2.45, 2.75) is 13.5 Å². The number of ether oxygens (including phenoxy) is 3. The summed E-state index contributed by atoms with van der Waals surface area (Å²) in [6.45, 7) is 2.15. The van der Waals surface area contributed by atoms with Gasteiger partial charge in [0.2, 0.25) is 5.75 Å². The molecule has 1 aromatic carbocycles. The molecule has 3 aromatic rings. The average Bonchev–Trinajstić information content (AvgIpc) is 3.18. The van der Waals surface area contributed by atoms with Crippen molar-refractivity contribution in [1.82, 2.24) is 14.7 Å². The summed E-state index contributed by atoms with van der Waals surface area (Å²) in [4.78, 5) is 17.8. The van der Waals surface area contributed by atoms with E-state index in [0.29, 0.717) is 35.2 Å². The lowest BCUT2D eigenvalue weighted by atomic mass is 10.1. The number of methoxy groups -OCH3 is 3. The number of hydrogen-bond donors (Lipinski definition) is 1. The van der Waals surface area contributed by atoms with E-state index in [4.69, 9.17) is 14.2 Å². The number of amides is 1. The number of carbonyl (C=O) groups is 1. The zero-order valence-electron chi connectivity index (χ0n) is 14.5. The van der Waals surface area contributed by atoms with Crippen LogP contribution in [0.25, 0.3) is 4.96 Å². The van der Waals surface area contributed by atoms with Crippen LogP contribution in [0.5, 0.6) is 17.2 Å². The van der Waals surface area contributed by atoms with Crippen molar-refractivity contribution in [1.29, 1.82) is 0 Å². The Labute approximate surface area is 149 Å². The minimum Gasteiger partial charge on any atom is -0.493 e. The fraction of sp³-hybridized carbons (Fsp3) is 0.294. The summed E-state index contributed by atoms with van der Waals surface area (Å²) in [6, 6.07) is 3.62. The van der Waals surface area contributed by atoms with Crippen LogP contribution < -0.4 is 19.5 Å². The Morgan fingerprint density at radius 1 is 1.20 bits per heavy atom. The number of fused-ring (bicyclic) bond motifs is 1. The fourth-order valence-corrected chi connectivity index (χ4v) is 3.43. The van der Waals surface area contributed by atoms with E-state index >= 15 is 0 Å². The van der Waals surface area contributed by atoms with Crippen molar-refractivity contribution in [3.63, 3.8) is 0 Å². The molecule has 0 saturated heterocycles. The number of nitrogens with zero attached hydrogens (tertiary/aromatic N) is 2. The quantitative estimate of drug-likeness (QED) is 0.731. The van der Waals surface area contributed by atoms with Gasteiger partial charge < -0.3 is 19.5 Å². The van der Waals surface area contributed by atoms with Gasteiger partial charge in [0.1, 0.15) is 5.69 Å². The zero-order chi connectivity index (χ0) is 18.0. The maximum Gasteiger partial charge on any atom is 0.270 e. The predicted octanol–water partition coefficient (Wildman–Crippen LogP) is 2.66. The second-order valence-corrected chi connectivity index (χ2v) is 6.19. The maximum atomic E-state index is 12.6. The summed E-state index contributed by atoms with van der Waals surface area (Å²) < 4.78 is 17.8. The SMILES string of the molecule is COc1cc(CNC(=O)c2c(C)nc3sccn23)cc(OC)c1OC. The molecule has 0 bridgehead atoms. The number of carbonyl (C=O) groups excluding carboxylic acids is 1. The standard InChI is InChI=1S/C17H19N3O4S/c1-10-14(20-5-6-25-17(20)19-10)16(21)18-9-11-7-12(22-2)15(24-4)13(8-11)23-3/h5-8H,9H2,1-4H3,(H,18,21). The van der Waals surface area contributed by atoms with Gasteiger partial charge in [-0.1, -0.05) is 0 Å². The first-order valence-electron chi connectivity index (χ1n) is 7.58. The van der Waals surface area contributed by atoms with E-state index in [1.807, 2.05) is 30.6 Å². The summed E-state index contributed by atoms with van der Waals surface area (Å²) >= 11 is 1.49. The molecule has 2 heterocycles. The Balaban J connectivity index is 1.82. The molecule has 0 aliphatic rings. The van der Waals surface area contributed by atoms with Crippen molar-refractivity contribution >= 4 is 22.2 Å². The van der Waals surface area contributed by atoms with Gasteiger partial charge in [-0.25, -0.2) is 4.98 Å². The first kappa shape index (κ1) is 17.1. The minimum atomic E-state index is -0.183. The number of aromatic nitrogens is 2. The molecule has 3 rings (SSSR count). The van der Waals surface area contributed by atoms with Gasteiger partial charge in [0.15, 0.2) is 16.5 Å². The van der Waals surface area contributed by atoms with Crippen LogP contribution in [0.1, 0.15) is 21.7 Å². The number of hydrogen-bond acceptors (Lipinski definition) is 6.